The topological polar surface area (TPSA) is 20.2 Å². The van der Waals surface area contributed by atoms with Gasteiger partial charge in [-0.2, -0.15) is 0 Å². The van der Waals surface area contributed by atoms with E-state index in [1.807, 2.05) is 23.5 Å². The fourth-order valence-corrected chi connectivity index (χ4v) is 5.95. The zero-order chi connectivity index (χ0) is 15.8. The summed E-state index contributed by atoms with van der Waals surface area (Å²) in [5, 5.41) is 12.3. The first-order valence-electron chi connectivity index (χ1n) is 8.33. The van der Waals surface area contributed by atoms with Crippen LogP contribution in [0.4, 0.5) is 0 Å². The third kappa shape index (κ3) is 2.73. The van der Waals surface area contributed by atoms with Gasteiger partial charge in [-0.15, -0.1) is 22.7 Å². The van der Waals surface area contributed by atoms with Crippen molar-refractivity contribution >= 4 is 52.2 Å². The van der Waals surface area contributed by atoms with Gasteiger partial charge in [-0.25, -0.2) is 0 Å². The Labute approximate surface area is 144 Å². The molecule has 0 aliphatic carbocycles. The molecule has 4 rings (SSSR count). The van der Waals surface area contributed by atoms with Gasteiger partial charge in [-0.1, -0.05) is 38.3 Å². The molecule has 0 bridgehead atoms. The third-order valence-corrected chi connectivity index (χ3v) is 6.95. The van der Waals surface area contributed by atoms with Gasteiger partial charge in [0, 0.05) is 20.2 Å². The largest absolute Gasteiger partial charge is 0.508 e. The lowest BCUT2D eigenvalue weighted by atomic mass is 10.1. The van der Waals surface area contributed by atoms with Crippen molar-refractivity contribution in [2.24, 2.45) is 0 Å². The second kappa shape index (κ2) is 6.14. The molecule has 1 nitrogen and oxygen atoms in total. The standard InChI is InChI=1S/C20H20OS2/c1-2-3-4-5-6-13-7-9-15-17(11-13)22-20-16-10-8-14(21)12-18(16)23-19(15)20/h7-12,21H,2-6H2,1H3. The molecule has 23 heavy (non-hydrogen) atoms. The Hall–Kier alpha value is -1.58. The van der Waals surface area contributed by atoms with E-state index in [0.717, 1.165) is 0 Å². The second-order valence-corrected chi connectivity index (χ2v) is 8.29. The molecule has 0 spiro atoms. The minimum atomic E-state index is 0.352. The Balaban J connectivity index is 1.73. The van der Waals surface area contributed by atoms with Crippen LogP contribution in [-0.2, 0) is 6.42 Å². The van der Waals surface area contributed by atoms with Gasteiger partial charge in [0.2, 0.25) is 0 Å². The minimum Gasteiger partial charge on any atom is -0.508 e. The molecule has 2 aromatic heterocycles. The van der Waals surface area contributed by atoms with Crippen molar-refractivity contribution in [3.05, 3.63) is 42.0 Å². The number of hydrogen-bond acceptors (Lipinski definition) is 3. The number of hydrogen-bond donors (Lipinski definition) is 1. The molecule has 0 aliphatic heterocycles. The minimum absolute atomic E-state index is 0.352. The van der Waals surface area contributed by atoms with E-state index in [4.69, 9.17) is 0 Å². The molecular weight excluding hydrogens is 320 g/mol. The van der Waals surface area contributed by atoms with Crippen LogP contribution in [0.25, 0.3) is 29.6 Å². The predicted octanol–water partition coefficient (Wildman–Crippen LogP) is 7.10. The maximum Gasteiger partial charge on any atom is 0.117 e. The second-order valence-electron chi connectivity index (χ2n) is 6.18. The number of aromatic hydroxyl groups is 1. The molecule has 0 saturated carbocycles. The van der Waals surface area contributed by atoms with Crippen LogP contribution in [0.1, 0.15) is 38.2 Å². The van der Waals surface area contributed by atoms with Gasteiger partial charge in [0.25, 0.3) is 0 Å². The highest BCUT2D eigenvalue weighted by molar-refractivity contribution is 7.36. The molecular formula is C20H20OS2. The molecule has 3 heteroatoms. The summed E-state index contributed by atoms with van der Waals surface area (Å²) in [4.78, 5) is 0. The smallest absolute Gasteiger partial charge is 0.117 e. The maximum absolute atomic E-state index is 9.67. The Morgan fingerprint density at radius 2 is 1.52 bits per heavy atom. The van der Waals surface area contributed by atoms with E-state index in [1.165, 1.54) is 67.2 Å². The van der Waals surface area contributed by atoms with E-state index < -0.39 is 0 Å². The van der Waals surface area contributed by atoms with Crippen molar-refractivity contribution in [1.82, 2.24) is 0 Å². The molecule has 0 saturated heterocycles. The van der Waals surface area contributed by atoms with E-state index >= 15 is 0 Å². The fourth-order valence-electron chi connectivity index (χ4n) is 3.20. The van der Waals surface area contributed by atoms with Gasteiger partial charge in [-0.3, -0.25) is 0 Å². The quantitative estimate of drug-likeness (QED) is 0.384. The Morgan fingerprint density at radius 3 is 2.26 bits per heavy atom. The van der Waals surface area contributed by atoms with E-state index in [-0.39, 0.29) is 0 Å². The molecule has 2 heterocycles. The summed E-state index contributed by atoms with van der Waals surface area (Å²) in [5.74, 6) is 0.352. The summed E-state index contributed by atoms with van der Waals surface area (Å²) in [5.41, 5.74) is 1.46. The molecule has 0 aliphatic rings. The van der Waals surface area contributed by atoms with E-state index in [2.05, 4.69) is 25.1 Å². The van der Waals surface area contributed by atoms with Gasteiger partial charge in [-0.05, 0) is 42.7 Å². The predicted molar refractivity (Wildman–Crippen MR) is 104 cm³/mol. The normalized spacial score (nSPS) is 11.9. The third-order valence-electron chi connectivity index (χ3n) is 4.45. The van der Waals surface area contributed by atoms with Crippen LogP contribution < -0.4 is 0 Å². The van der Waals surface area contributed by atoms with Crippen LogP contribution in [0.15, 0.2) is 36.4 Å². The van der Waals surface area contributed by atoms with Gasteiger partial charge < -0.3 is 5.11 Å². The highest BCUT2D eigenvalue weighted by Crippen LogP contribution is 2.45. The van der Waals surface area contributed by atoms with Crippen molar-refractivity contribution in [2.75, 3.05) is 0 Å². The molecule has 0 radical (unpaired) electrons. The van der Waals surface area contributed by atoms with Crippen molar-refractivity contribution in [3.8, 4) is 5.75 Å². The molecule has 2 aromatic carbocycles. The van der Waals surface area contributed by atoms with Crippen molar-refractivity contribution in [2.45, 2.75) is 39.0 Å². The summed E-state index contributed by atoms with van der Waals surface area (Å²) in [7, 11) is 0. The van der Waals surface area contributed by atoms with Crippen molar-refractivity contribution in [3.63, 3.8) is 0 Å². The summed E-state index contributed by atoms with van der Waals surface area (Å²) in [6.45, 7) is 2.26. The first-order chi connectivity index (χ1) is 11.3. The molecule has 4 aromatic rings. The Kier molecular flexibility index (Phi) is 4.00. The highest BCUT2D eigenvalue weighted by Gasteiger charge is 2.12. The van der Waals surface area contributed by atoms with E-state index in [9.17, 15) is 5.11 Å². The molecule has 0 fully saturated rings. The summed E-state index contributed by atoms with van der Waals surface area (Å²) >= 11 is 3.68. The van der Waals surface area contributed by atoms with Crippen LogP contribution >= 0.6 is 22.7 Å². The number of phenolic OH excluding ortho intramolecular Hbond substituents is 1. The van der Waals surface area contributed by atoms with Gasteiger partial charge >= 0.3 is 0 Å². The lowest BCUT2D eigenvalue weighted by Gasteiger charge is -2.01. The van der Waals surface area contributed by atoms with Crippen LogP contribution in [0.3, 0.4) is 0 Å². The summed E-state index contributed by atoms with van der Waals surface area (Å²) in [6, 6.07) is 12.7. The van der Waals surface area contributed by atoms with E-state index in [1.54, 1.807) is 17.4 Å². The fraction of sp³-hybridized carbons (Fsp3) is 0.300. The SMILES string of the molecule is CCCCCCc1ccc2c(c1)sc1c3ccc(O)cc3sc21. The molecule has 118 valence electrons. The van der Waals surface area contributed by atoms with Crippen molar-refractivity contribution < 1.29 is 5.11 Å². The number of thiophene rings is 2. The average molecular weight is 341 g/mol. The summed E-state index contributed by atoms with van der Waals surface area (Å²) in [6.07, 6.45) is 6.46. The van der Waals surface area contributed by atoms with E-state index in [0.29, 0.717) is 5.75 Å². The monoisotopic (exact) mass is 340 g/mol. The van der Waals surface area contributed by atoms with Crippen LogP contribution in [0.5, 0.6) is 5.75 Å². The molecule has 1 N–H and O–H groups in total. The number of benzene rings is 2. The lowest BCUT2D eigenvalue weighted by molar-refractivity contribution is 0.476. The number of phenols is 1. The van der Waals surface area contributed by atoms with Gasteiger partial charge in [0.05, 0.1) is 9.40 Å². The van der Waals surface area contributed by atoms with Crippen LogP contribution in [0.2, 0.25) is 0 Å². The highest BCUT2D eigenvalue weighted by atomic mass is 32.1. The van der Waals surface area contributed by atoms with Crippen LogP contribution in [0, 0.1) is 0 Å². The number of unbranched alkanes of at least 4 members (excludes halogenated alkanes) is 3. The zero-order valence-corrected chi connectivity index (χ0v) is 14.9. The van der Waals surface area contributed by atoms with Gasteiger partial charge in [0.1, 0.15) is 5.75 Å². The number of aryl methyl sites for hydroxylation is 1. The number of rotatable bonds is 5. The number of fused-ring (bicyclic) bond motifs is 5. The maximum atomic E-state index is 9.67. The summed E-state index contributed by atoms with van der Waals surface area (Å²) < 4.78 is 5.30. The van der Waals surface area contributed by atoms with Crippen LogP contribution in [-0.4, -0.2) is 5.11 Å². The molecule has 0 atom stereocenters. The Morgan fingerprint density at radius 1 is 0.826 bits per heavy atom. The lowest BCUT2D eigenvalue weighted by Crippen LogP contribution is -1.85. The van der Waals surface area contributed by atoms with Crippen molar-refractivity contribution in [1.29, 1.82) is 0 Å². The zero-order valence-electron chi connectivity index (χ0n) is 13.3. The first-order valence-corrected chi connectivity index (χ1v) is 9.96. The molecule has 0 unspecified atom stereocenters. The Bertz CT molecular complexity index is 977. The first kappa shape index (κ1) is 15.0. The van der Waals surface area contributed by atoms with Gasteiger partial charge in [0.15, 0.2) is 0 Å². The average Bonchev–Trinajstić information content (AvgIpc) is 3.06. The molecule has 0 amide bonds.